The molecular formula is C30H18ClNS. The van der Waals surface area contributed by atoms with Gasteiger partial charge in [-0.15, -0.1) is 11.3 Å². The van der Waals surface area contributed by atoms with Gasteiger partial charge in [-0.25, -0.2) is 0 Å². The summed E-state index contributed by atoms with van der Waals surface area (Å²) >= 11 is 8.15. The zero-order valence-corrected chi connectivity index (χ0v) is 19.2. The van der Waals surface area contributed by atoms with Gasteiger partial charge in [0.15, 0.2) is 0 Å². The lowest BCUT2D eigenvalue weighted by molar-refractivity contribution is 1.19. The molecule has 2 aromatic heterocycles. The number of nitrogens with zero attached hydrogens (tertiary/aromatic N) is 1. The van der Waals surface area contributed by atoms with E-state index in [0.717, 1.165) is 16.1 Å². The summed E-state index contributed by atoms with van der Waals surface area (Å²) in [5.74, 6) is 0. The molecule has 0 aliphatic heterocycles. The number of benzene rings is 5. The van der Waals surface area contributed by atoms with Gasteiger partial charge in [-0.3, -0.25) is 0 Å². The van der Waals surface area contributed by atoms with Crippen molar-refractivity contribution in [2.45, 2.75) is 0 Å². The van der Waals surface area contributed by atoms with Crippen molar-refractivity contribution in [3.05, 3.63) is 114 Å². The molecule has 7 rings (SSSR count). The summed E-state index contributed by atoms with van der Waals surface area (Å²) in [4.78, 5) is 0. The third-order valence-corrected chi connectivity index (χ3v) is 7.84. The largest absolute Gasteiger partial charge is 0.309 e. The van der Waals surface area contributed by atoms with Gasteiger partial charge >= 0.3 is 0 Å². The van der Waals surface area contributed by atoms with Crippen molar-refractivity contribution in [1.29, 1.82) is 0 Å². The highest BCUT2D eigenvalue weighted by atomic mass is 35.5. The number of hydrogen-bond donors (Lipinski definition) is 0. The molecule has 3 heteroatoms. The van der Waals surface area contributed by atoms with Gasteiger partial charge in [0.2, 0.25) is 0 Å². The molecule has 0 bridgehead atoms. The Kier molecular flexibility index (Phi) is 4.14. The van der Waals surface area contributed by atoms with Gasteiger partial charge in [0.05, 0.1) is 11.0 Å². The number of aromatic nitrogens is 1. The predicted molar refractivity (Wildman–Crippen MR) is 144 cm³/mol. The molecule has 156 valence electrons. The molecule has 0 amide bonds. The minimum absolute atomic E-state index is 0.753. The Hall–Kier alpha value is -3.59. The molecule has 0 aliphatic carbocycles. The van der Waals surface area contributed by atoms with Gasteiger partial charge < -0.3 is 4.57 Å². The molecule has 7 aromatic rings. The average molecular weight is 460 g/mol. The van der Waals surface area contributed by atoms with E-state index in [1.54, 1.807) is 0 Å². The fourth-order valence-electron chi connectivity index (χ4n) is 4.95. The summed E-state index contributed by atoms with van der Waals surface area (Å²) in [5, 5.41) is 5.90. The fourth-order valence-corrected chi connectivity index (χ4v) is 6.23. The average Bonchev–Trinajstić information content (AvgIpc) is 3.39. The lowest BCUT2D eigenvalue weighted by Gasteiger charge is -2.10. The molecule has 0 atom stereocenters. The van der Waals surface area contributed by atoms with E-state index in [-0.39, 0.29) is 0 Å². The van der Waals surface area contributed by atoms with Crippen LogP contribution in [0.2, 0.25) is 5.02 Å². The summed E-state index contributed by atoms with van der Waals surface area (Å²) in [5.41, 5.74) is 5.89. The topological polar surface area (TPSA) is 4.93 Å². The Morgan fingerprint density at radius 1 is 0.515 bits per heavy atom. The molecule has 0 fully saturated rings. The first kappa shape index (κ1) is 18.9. The van der Waals surface area contributed by atoms with Crippen molar-refractivity contribution < 1.29 is 0 Å². The molecule has 0 saturated carbocycles. The fraction of sp³-hybridized carbons (Fsp3) is 0. The van der Waals surface area contributed by atoms with Crippen molar-refractivity contribution in [2.75, 3.05) is 0 Å². The van der Waals surface area contributed by atoms with Crippen molar-refractivity contribution in [3.8, 4) is 16.8 Å². The maximum atomic E-state index is 6.29. The first-order chi connectivity index (χ1) is 16.3. The highest BCUT2D eigenvalue weighted by molar-refractivity contribution is 7.25. The maximum absolute atomic E-state index is 6.29. The number of halogens is 1. The minimum Gasteiger partial charge on any atom is -0.309 e. The van der Waals surface area contributed by atoms with Gasteiger partial charge in [0.25, 0.3) is 0 Å². The van der Waals surface area contributed by atoms with Crippen LogP contribution in [0.3, 0.4) is 0 Å². The Labute approximate surface area is 200 Å². The van der Waals surface area contributed by atoms with Crippen LogP contribution in [0.5, 0.6) is 0 Å². The second-order valence-corrected chi connectivity index (χ2v) is 9.89. The Bertz CT molecular complexity index is 1840. The quantitative estimate of drug-likeness (QED) is 0.242. The number of rotatable bonds is 2. The minimum atomic E-state index is 0.753. The van der Waals surface area contributed by atoms with E-state index in [1.165, 1.54) is 47.7 Å². The highest BCUT2D eigenvalue weighted by Gasteiger charge is 2.14. The van der Waals surface area contributed by atoms with Gasteiger partial charge in [0.1, 0.15) is 0 Å². The summed E-state index contributed by atoms with van der Waals surface area (Å²) in [7, 11) is 0. The van der Waals surface area contributed by atoms with Gasteiger partial charge in [-0.2, -0.15) is 0 Å². The Morgan fingerprint density at radius 2 is 1.27 bits per heavy atom. The van der Waals surface area contributed by atoms with Crippen molar-refractivity contribution in [3.63, 3.8) is 0 Å². The summed E-state index contributed by atoms with van der Waals surface area (Å²) < 4.78 is 5.04. The molecule has 0 N–H and O–H groups in total. The van der Waals surface area contributed by atoms with Crippen LogP contribution < -0.4 is 0 Å². The third kappa shape index (κ3) is 2.92. The Morgan fingerprint density at radius 3 is 2.18 bits per heavy atom. The van der Waals surface area contributed by atoms with Crippen LogP contribution >= 0.6 is 22.9 Å². The van der Waals surface area contributed by atoms with Crippen LogP contribution in [0, 0.1) is 0 Å². The van der Waals surface area contributed by atoms with Crippen molar-refractivity contribution in [1.82, 2.24) is 4.57 Å². The lowest BCUT2D eigenvalue weighted by Crippen LogP contribution is -1.93. The highest BCUT2D eigenvalue weighted by Crippen LogP contribution is 2.38. The summed E-state index contributed by atoms with van der Waals surface area (Å²) in [6.45, 7) is 0. The number of fused-ring (bicyclic) bond motifs is 6. The van der Waals surface area contributed by atoms with Gasteiger partial charge in [0, 0.05) is 41.7 Å². The lowest BCUT2D eigenvalue weighted by atomic mass is 10.0. The van der Waals surface area contributed by atoms with Crippen LogP contribution in [0.25, 0.3) is 58.8 Å². The van der Waals surface area contributed by atoms with Crippen molar-refractivity contribution >= 4 is 64.9 Å². The van der Waals surface area contributed by atoms with Gasteiger partial charge in [-0.05, 0) is 59.7 Å². The summed E-state index contributed by atoms with van der Waals surface area (Å²) in [6.07, 6.45) is 0. The van der Waals surface area contributed by atoms with Crippen LogP contribution in [0.1, 0.15) is 0 Å². The normalized spacial score (nSPS) is 11.8. The number of thiophene rings is 1. The van der Waals surface area contributed by atoms with E-state index >= 15 is 0 Å². The maximum Gasteiger partial charge on any atom is 0.0547 e. The van der Waals surface area contributed by atoms with E-state index in [1.807, 2.05) is 29.5 Å². The molecule has 0 radical (unpaired) electrons. The molecule has 0 unspecified atom stereocenters. The smallest absolute Gasteiger partial charge is 0.0547 e. The molecule has 0 saturated heterocycles. The monoisotopic (exact) mass is 459 g/mol. The molecule has 2 heterocycles. The number of para-hydroxylation sites is 1. The van der Waals surface area contributed by atoms with Crippen LogP contribution in [-0.2, 0) is 0 Å². The van der Waals surface area contributed by atoms with Crippen LogP contribution in [0.4, 0.5) is 0 Å². The van der Waals surface area contributed by atoms with Crippen molar-refractivity contribution in [2.24, 2.45) is 0 Å². The van der Waals surface area contributed by atoms with E-state index < -0.39 is 0 Å². The Balaban J connectivity index is 1.55. The number of hydrogen-bond acceptors (Lipinski definition) is 1. The molecule has 1 nitrogen and oxygen atoms in total. The standard InChI is InChI=1S/C30H18ClNS/c31-21-7-5-6-19(16-21)20-12-14-24-23-8-1-3-10-27(23)32(28(24)17-20)22-13-15-30-26(18-22)25-9-2-4-11-29(25)33-30/h1-18H. The van der Waals surface area contributed by atoms with Crippen LogP contribution in [0.15, 0.2) is 109 Å². The molecule has 33 heavy (non-hydrogen) atoms. The van der Waals surface area contributed by atoms with Gasteiger partial charge in [-0.1, -0.05) is 72.3 Å². The zero-order valence-electron chi connectivity index (χ0n) is 17.6. The third-order valence-electron chi connectivity index (χ3n) is 6.45. The second kappa shape index (κ2) is 7.21. The van der Waals surface area contributed by atoms with E-state index in [0.29, 0.717) is 0 Å². The van der Waals surface area contributed by atoms with E-state index in [2.05, 4.69) is 95.6 Å². The SMILES string of the molecule is Clc1cccc(-c2ccc3c4ccccc4n(-c4ccc5sc6ccccc6c5c4)c3c2)c1. The van der Waals surface area contributed by atoms with E-state index in [9.17, 15) is 0 Å². The first-order valence-corrected chi connectivity index (χ1v) is 12.2. The first-order valence-electron chi connectivity index (χ1n) is 11.0. The molecule has 0 aliphatic rings. The molecule has 5 aromatic carbocycles. The zero-order chi connectivity index (χ0) is 21.9. The summed E-state index contributed by atoms with van der Waals surface area (Å²) in [6, 6.07) is 39.0. The molecule has 0 spiro atoms. The molecular weight excluding hydrogens is 442 g/mol. The second-order valence-electron chi connectivity index (χ2n) is 8.37. The predicted octanol–water partition coefficient (Wildman–Crippen LogP) is 9.47. The van der Waals surface area contributed by atoms with E-state index in [4.69, 9.17) is 11.6 Å². The van der Waals surface area contributed by atoms with Crippen LogP contribution in [-0.4, -0.2) is 4.57 Å².